The Bertz CT molecular complexity index is 185. The van der Waals surface area contributed by atoms with Crippen LogP contribution in [0.4, 0.5) is 0 Å². The van der Waals surface area contributed by atoms with Crippen LogP contribution in [0.3, 0.4) is 0 Å². The molecule has 2 unspecified atom stereocenters. The van der Waals surface area contributed by atoms with Gasteiger partial charge in [-0.25, -0.2) is 0 Å². The van der Waals surface area contributed by atoms with Crippen molar-refractivity contribution < 1.29 is 18.9 Å². The topological polar surface area (TPSA) is 36.9 Å². The van der Waals surface area contributed by atoms with Gasteiger partial charge in [-0.1, -0.05) is 6.92 Å². The Hall–Kier alpha value is -0.160. The summed E-state index contributed by atoms with van der Waals surface area (Å²) in [5.41, 5.74) is 0. The highest BCUT2D eigenvalue weighted by atomic mass is 16.6. The summed E-state index contributed by atoms with van der Waals surface area (Å²) >= 11 is 0. The maximum absolute atomic E-state index is 5.84. The number of ether oxygens (including phenoxy) is 4. The van der Waals surface area contributed by atoms with Crippen molar-refractivity contribution in [2.45, 2.75) is 38.3 Å². The van der Waals surface area contributed by atoms with Gasteiger partial charge in [0.1, 0.15) is 12.2 Å². The van der Waals surface area contributed by atoms with Crippen LogP contribution in [-0.2, 0) is 18.9 Å². The molecule has 4 heteroatoms. The minimum atomic E-state index is -0.0545. The zero-order valence-electron chi connectivity index (χ0n) is 10.2. The van der Waals surface area contributed by atoms with Gasteiger partial charge in [-0.05, 0) is 6.92 Å². The Morgan fingerprint density at radius 3 is 2.07 bits per heavy atom. The van der Waals surface area contributed by atoms with E-state index < -0.39 is 0 Å². The van der Waals surface area contributed by atoms with E-state index in [1.807, 2.05) is 0 Å². The Morgan fingerprint density at radius 1 is 1.00 bits per heavy atom. The average Bonchev–Trinajstić information content (AvgIpc) is 2.23. The van der Waals surface area contributed by atoms with Crippen molar-refractivity contribution in [1.29, 1.82) is 0 Å². The van der Waals surface area contributed by atoms with Gasteiger partial charge < -0.3 is 18.9 Å². The third-order valence-electron chi connectivity index (χ3n) is 3.21. The molecule has 0 radical (unpaired) electrons. The molecule has 1 aliphatic heterocycles. The lowest BCUT2D eigenvalue weighted by atomic mass is 9.88. The zero-order chi connectivity index (χ0) is 11.4. The molecule has 4 nitrogen and oxygen atoms in total. The third kappa shape index (κ3) is 2.69. The standard InChI is InChI=1S/C11H22O4/c1-7-8(2)15-9(6-12-3)11(14-5)10(7)13-4/h7-11H,6H2,1-5H3/t7-,8-,9?,10?,11-/m0/s1. The van der Waals surface area contributed by atoms with Gasteiger partial charge in [-0.3, -0.25) is 0 Å². The van der Waals surface area contributed by atoms with Crippen molar-refractivity contribution in [3.8, 4) is 0 Å². The molecule has 0 saturated carbocycles. The lowest BCUT2D eigenvalue weighted by Gasteiger charge is -2.43. The zero-order valence-corrected chi connectivity index (χ0v) is 10.2. The molecule has 15 heavy (non-hydrogen) atoms. The highest BCUT2D eigenvalue weighted by Gasteiger charge is 2.42. The van der Waals surface area contributed by atoms with Crippen molar-refractivity contribution in [2.75, 3.05) is 27.9 Å². The number of methoxy groups -OCH3 is 3. The van der Waals surface area contributed by atoms with Gasteiger partial charge in [0.25, 0.3) is 0 Å². The van der Waals surface area contributed by atoms with Gasteiger partial charge in [-0.2, -0.15) is 0 Å². The molecule has 0 N–H and O–H groups in total. The van der Waals surface area contributed by atoms with Crippen LogP contribution in [0.1, 0.15) is 13.8 Å². The Balaban J connectivity index is 2.73. The molecule has 0 spiro atoms. The van der Waals surface area contributed by atoms with Gasteiger partial charge in [-0.15, -0.1) is 0 Å². The maximum atomic E-state index is 5.84. The summed E-state index contributed by atoms with van der Waals surface area (Å²) in [4.78, 5) is 0. The summed E-state index contributed by atoms with van der Waals surface area (Å²) in [7, 11) is 5.07. The van der Waals surface area contributed by atoms with E-state index in [0.29, 0.717) is 12.5 Å². The second kappa shape index (κ2) is 5.80. The van der Waals surface area contributed by atoms with Crippen LogP contribution >= 0.6 is 0 Å². The van der Waals surface area contributed by atoms with Crippen LogP contribution in [0.25, 0.3) is 0 Å². The highest BCUT2D eigenvalue weighted by Crippen LogP contribution is 2.29. The molecule has 0 amide bonds. The van der Waals surface area contributed by atoms with E-state index in [1.54, 1.807) is 21.3 Å². The lowest BCUT2D eigenvalue weighted by molar-refractivity contribution is -0.218. The van der Waals surface area contributed by atoms with E-state index in [1.165, 1.54) is 0 Å². The van der Waals surface area contributed by atoms with Crippen molar-refractivity contribution in [3.05, 3.63) is 0 Å². The number of hydrogen-bond acceptors (Lipinski definition) is 4. The fraction of sp³-hybridized carbons (Fsp3) is 1.00. The quantitative estimate of drug-likeness (QED) is 0.707. The molecule has 1 aliphatic rings. The van der Waals surface area contributed by atoms with E-state index in [0.717, 1.165) is 0 Å². The highest BCUT2D eigenvalue weighted by molar-refractivity contribution is 4.90. The molecule has 1 rings (SSSR count). The summed E-state index contributed by atoms with van der Waals surface area (Å²) < 4.78 is 21.9. The van der Waals surface area contributed by atoms with Crippen molar-refractivity contribution in [2.24, 2.45) is 5.92 Å². The molecule has 0 aliphatic carbocycles. The van der Waals surface area contributed by atoms with Crippen LogP contribution < -0.4 is 0 Å². The molecular formula is C11H22O4. The molecule has 1 heterocycles. The van der Waals surface area contributed by atoms with Crippen LogP contribution in [0, 0.1) is 5.92 Å². The molecule has 5 atom stereocenters. The van der Waals surface area contributed by atoms with E-state index in [2.05, 4.69) is 13.8 Å². The normalized spacial score (nSPS) is 41.8. The first-order valence-corrected chi connectivity index (χ1v) is 5.35. The maximum Gasteiger partial charge on any atom is 0.112 e. The van der Waals surface area contributed by atoms with Gasteiger partial charge >= 0.3 is 0 Å². The monoisotopic (exact) mass is 218 g/mol. The molecule has 0 bridgehead atoms. The molecule has 0 aromatic carbocycles. The molecule has 0 aromatic rings. The summed E-state index contributed by atoms with van der Waals surface area (Å²) in [5, 5.41) is 0. The van der Waals surface area contributed by atoms with E-state index in [9.17, 15) is 0 Å². The van der Waals surface area contributed by atoms with E-state index in [-0.39, 0.29) is 24.4 Å². The first-order valence-electron chi connectivity index (χ1n) is 5.35. The predicted octanol–water partition coefficient (Wildman–Crippen LogP) is 1.09. The second-order valence-electron chi connectivity index (χ2n) is 4.09. The average molecular weight is 218 g/mol. The summed E-state index contributed by atoms with van der Waals surface area (Å²) in [6, 6.07) is 0. The van der Waals surface area contributed by atoms with Crippen LogP contribution in [0.15, 0.2) is 0 Å². The first kappa shape index (κ1) is 12.9. The van der Waals surface area contributed by atoms with Gasteiger partial charge in [0, 0.05) is 27.2 Å². The molecule has 1 fully saturated rings. The molecule has 1 saturated heterocycles. The molecule has 90 valence electrons. The number of hydrogen-bond donors (Lipinski definition) is 0. The van der Waals surface area contributed by atoms with Crippen LogP contribution in [-0.4, -0.2) is 52.4 Å². The Labute approximate surface area is 91.8 Å². The SMILES string of the molecule is COCC1O[C@@H](C)[C@H](C)C(OC)[C@H]1OC. The fourth-order valence-corrected chi connectivity index (χ4v) is 2.19. The number of rotatable bonds is 4. The first-order chi connectivity index (χ1) is 7.15. The minimum absolute atomic E-state index is 0.0452. The second-order valence-corrected chi connectivity index (χ2v) is 4.09. The Kier molecular flexibility index (Phi) is 4.99. The Morgan fingerprint density at radius 2 is 1.60 bits per heavy atom. The fourth-order valence-electron chi connectivity index (χ4n) is 2.19. The van der Waals surface area contributed by atoms with Crippen molar-refractivity contribution >= 4 is 0 Å². The molecule has 0 aromatic heterocycles. The summed E-state index contributed by atoms with van der Waals surface area (Å²) in [6.45, 7) is 4.72. The summed E-state index contributed by atoms with van der Waals surface area (Å²) in [5.74, 6) is 0.327. The van der Waals surface area contributed by atoms with Gasteiger partial charge in [0.2, 0.25) is 0 Å². The predicted molar refractivity (Wildman–Crippen MR) is 57.0 cm³/mol. The van der Waals surface area contributed by atoms with Crippen molar-refractivity contribution in [1.82, 2.24) is 0 Å². The smallest absolute Gasteiger partial charge is 0.112 e. The largest absolute Gasteiger partial charge is 0.382 e. The minimum Gasteiger partial charge on any atom is -0.382 e. The van der Waals surface area contributed by atoms with Crippen LogP contribution in [0.5, 0.6) is 0 Å². The molecular weight excluding hydrogens is 196 g/mol. The van der Waals surface area contributed by atoms with E-state index >= 15 is 0 Å². The third-order valence-corrected chi connectivity index (χ3v) is 3.21. The summed E-state index contributed by atoms with van der Waals surface area (Å²) in [6.07, 6.45) is 0.137. The van der Waals surface area contributed by atoms with E-state index in [4.69, 9.17) is 18.9 Å². The van der Waals surface area contributed by atoms with Crippen LogP contribution in [0.2, 0.25) is 0 Å². The van der Waals surface area contributed by atoms with Gasteiger partial charge in [0.15, 0.2) is 0 Å². The van der Waals surface area contributed by atoms with Crippen molar-refractivity contribution in [3.63, 3.8) is 0 Å². The van der Waals surface area contributed by atoms with Gasteiger partial charge in [0.05, 0.1) is 18.8 Å². The lowest BCUT2D eigenvalue weighted by Crippen LogP contribution is -2.55.